The van der Waals surface area contributed by atoms with Gasteiger partial charge in [0.2, 0.25) is 0 Å². The van der Waals surface area contributed by atoms with E-state index in [0.717, 1.165) is 4.90 Å². The number of nitrogens with two attached hydrogens (primary N) is 1. The van der Waals surface area contributed by atoms with Crippen molar-refractivity contribution in [3.8, 4) is 11.5 Å². The van der Waals surface area contributed by atoms with E-state index in [4.69, 9.17) is 5.90 Å². The van der Waals surface area contributed by atoms with E-state index in [1.165, 1.54) is 42.1 Å². The van der Waals surface area contributed by atoms with Gasteiger partial charge in [0.05, 0.1) is 15.5 Å². The predicted molar refractivity (Wildman–Crippen MR) is 121 cm³/mol. The molecular formula is C22H20N2O4S2. The Hall–Kier alpha value is -3.20. The quantitative estimate of drug-likeness (QED) is 0.341. The Morgan fingerprint density at radius 3 is 2.33 bits per heavy atom. The lowest BCUT2D eigenvalue weighted by Gasteiger charge is -2.17. The standard InChI is InChI=1S/C22H20N2O4S2/c1-3-18-19(4-2)22(25)21(29-16-10-6-5-7-11-16)14-20(18)24-30(26,27)17-12-8-9-15(13-17)28-23/h3-14,24-25H,1-2,23H2. The SMILES string of the molecule is C=Cc1c(NS(=O)(=O)c2cccc(ON)c2)cc(Sc2ccccc2)c(O)c1C=C. The summed E-state index contributed by atoms with van der Waals surface area (Å²) in [6.45, 7) is 7.49. The molecule has 30 heavy (non-hydrogen) atoms. The van der Waals surface area contributed by atoms with Gasteiger partial charge in [0.1, 0.15) is 11.5 Å². The van der Waals surface area contributed by atoms with E-state index in [2.05, 4.69) is 22.7 Å². The minimum atomic E-state index is -3.96. The zero-order valence-corrected chi connectivity index (χ0v) is 17.5. The van der Waals surface area contributed by atoms with Gasteiger partial charge in [-0.1, -0.05) is 61.3 Å². The van der Waals surface area contributed by atoms with Crippen molar-refractivity contribution in [3.63, 3.8) is 0 Å². The van der Waals surface area contributed by atoms with E-state index in [9.17, 15) is 13.5 Å². The summed E-state index contributed by atoms with van der Waals surface area (Å²) in [5, 5.41) is 10.7. The van der Waals surface area contributed by atoms with E-state index in [-0.39, 0.29) is 22.1 Å². The largest absolute Gasteiger partial charge is 0.506 e. The molecule has 0 bridgehead atoms. The summed E-state index contributed by atoms with van der Waals surface area (Å²) in [5.74, 6) is 5.34. The van der Waals surface area contributed by atoms with Crippen LogP contribution in [-0.4, -0.2) is 13.5 Å². The van der Waals surface area contributed by atoms with Crippen LogP contribution in [0.15, 0.2) is 88.5 Å². The third-order valence-electron chi connectivity index (χ3n) is 4.22. The highest BCUT2D eigenvalue weighted by Crippen LogP contribution is 2.42. The van der Waals surface area contributed by atoms with Crippen LogP contribution in [0.5, 0.6) is 11.5 Å². The molecule has 8 heteroatoms. The maximum Gasteiger partial charge on any atom is 0.262 e. The predicted octanol–water partition coefficient (Wildman–Crippen LogP) is 4.88. The van der Waals surface area contributed by atoms with Gasteiger partial charge in [-0.3, -0.25) is 4.72 Å². The van der Waals surface area contributed by atoms with Crippen LogP contribution in [-0.2, 0) is 10.0 Å². The number of phenolic OH excluding ortho intramolecular Hbond substituents is 1. The summed E-state index contributed by atoms with van der Waals surface area (Å²) in [6.07, 6.45) is 2.92. The third kappa shape index (κ3) is 4.51. The summed E-state index contributed by atoms with van der Waals surface area (Å²) in [7, 11) is -3.96. The number of hydrogen-bond acceptors (Lipinski definition) is 6. The first-order valence-electron chi connectivity index (χ1n) is 8.77. The van der Waals surface area contributed by atoms with Crippen molar-refractivity contribution < 1.29 is 18.4 Å². The molecule has 0 spiro atoms. The van der Waals surface area contributed by atoms with Gasteiger partial charge >= 0.3 is 0 Å². The molecule has 3 aromatic carbocycles. The van der Waals surface area contributed by atoms with Crippen molar-refractivity contribution in [1.82, 2.24) is 0 Å². The molecule has 0 heterocycles. The summed E-state index contributed by atoms with van der Waals surface area (Å²) < 4.78 is 28.5. The number of rotatable bonds is 8. The Morgan fingerprint density at radius 2 is 1.70 bits per heavy atom. The molecule has 3 aromatic rings. The minimum absolute atomic E-state index is 0.00442. The maximum atomic E-state index is 13.0. The zero-order valence-electron chi connectivity index (χ0n) is 15.9. The highest BCUT2D eigenvalue weighted by molar-refractivity contribution is 7.99. The molecule has 0 atom stereocenters. The van der Waals surface area contributed by atoms with E-state index < -0.39 is 10.0 Å². The van der Waals surface area contributed by atoms with Gasteiger partial charge in [-0.2, -0.15) is 5.90 Å². The first-order chi connectivity index (χ1) is 14.4. The Labute approximate surface area is 179 Å². The number of benzene rings is 3. The highest BCUT2D eigenvalue weighted by atomic mass is 32.2. The molecule has 0 aromatic heterocycles. The van der Waals surface area contributed by atoms with Gasteiger partial charge in [-0.25, -0.2) is 8.42 Å². The lowest BCUT2D eigenvalue weighted by atomic mass is 10.0. The number of phenols is 1. The molecule has 0 aliphatic rings. The monoisotopic (exact) mass is 440 g/mol. The fourth-order valence-corrected chi connectivity index (χ4v) is 4.84. The fourth-order valence-electron chi connectivity index (χ4n) is 2.81. The summed E-state index contributed by atoms with van der Waals surface area (Å²) in [4.78, 5) is 5.96. The second-order valence-corrected chi connectivity index (χ2v) is 8.92. The van der Waals surface area contributed by atoms with Crippen LogP contribution in [0, 0.1) is 0 Å². The summed E-state index contributed by atoms with van der Waals surface area (Å²) in [5.41, 5.74) is 1.05. The van der Waals surface area contributed by atoms with Crippen LogP contribution >= 0.6 is 11.8 Å². The lowest BCUT2D eigenvalue weighted by Crippen LogP contribution is -2.14. The average Bonchev–Trinajstić information content (AvgIpc) is 2.76. The third-order valence-corrected chi connectivity index (χ3v) is 6.62. The second-order valence-electron chi connectivity index (χ2n) is 6.12. The van der Waals surface area contributed by atoms with Crippen molar-refractivity contribution in [3.05, 3.63) is 84.9 Å². The van der Waals surface area contributed by atoms with Crippen LogP contribution in [0.1, 0.15) is 11.1 Å². The molecule has 0 saturated carbocycles. The number of anilines is 1. The van der Waals surface area contributed by atoms with Crippen LogP contribution in [0.3, 0.4) is 0 Å². The van der Waals surface area contributed by atoms with Crippen LogP contribution in [0.25, 0.3) is 12.2 Å². The molecule has 0 fully saturated rings. The van der Waals surface area contributed by atoms with E-state index in [0.29, 0.717) is 16.0 Å². The smallest absolute Gasteiger partial charge is 0.262 e. The number of aromatic hydroxyl groups is 1. The van der Waals surface area contributed by atoms with Crippen molar-refractivity contribution in [1.29, 1.82) is 0 Å². The molecule has 0 aliphatic heterocycles. The fraction of sp³-hybridized carbons (Fsp3) is 0. The van der Waals surface area contributed by atoms with E-state index in [1.807, 2.05) is 30.3 Å². The van der Waals surface area contributed by atoms with Gasteiger partial charge < -0.3 is 9.94 Å². The molecule has 154 valence electrons. The average molecular weight is 441 g/mol. The molecule has 4 N–H and O–H groups in total. The number of sulfonamides is 1. The Bertz CT molecular complexity index is 1190. The van der Waals surface area contributed by atoms with Gasteiger partial charge in [0, 0.05) is 22.1 Å². The van der Waals surface area contributed by atoms with Crippen LogP contribution in [0.4, 0.5) is 5.69 Å². The van der Waals surface area contributed by atoms with Gasteiger partial charge in [-0.05, 0) is 30.3 Å². The molecular weight excluding hydrogens is 420 g/mol. The topological polar surface area (TPSA) is 102 Å². The molecule has 0 saturated heterocycles. The molecule has 0 radical (unpaired) electrons. The van der Waals surface area contributed by atoms with Crippen LogP contribution < -0.4 is 15.5 Å². The molecule has 0 amide bonds. The zero-order chi connectivity index (χ0) is 21.7. The summed E-state index contributed by atoms with van der Waals surface area (Å²) >= 11 is 1.30. The first kappa shape index (κ1) is 21.5. The maximum absolute atomic E-state index is 13.0. The highest BCUT2D eigenvalue weighted by Gasteiger charge is 2.21. The second kappa shape index (κ2) is 9.08. The Kier molecular flexibility index (Phi) is 6.51. The van der Waals surface area contributed by atoms with Crippen molar-refractivity contribution in [2.75, 3.05) is 4.72 Å². The normalized spacial score (nSPS) is 11.0. The Balaban J connectivity index is 2.09. The van der Waals surface area contributed by atoms with Crippen LogP contribution in [0.2, 0.25) is 0 Å². The first-order valence-corrected chi connectivity index (χ1v) is 11.1. The van der Waals surface area contributed by atoms with E-state index in [1.54, 1.807) is 12.1 Å². The van der Waals surface area contributed by atoms with Gasteiger partial charge in [0.15, 0.2) is 0 Å². The molecule has 3 rings (SSSR count). The van der Waals surface area contributed by atoms with E-state index >= 15 is 0 Å². The summed E-state index contributed by atoms with van der Waals surface area (Å²) in [6, 6.07) is 16.8. The lowest BCUT2D eigenvalue weighted by molar-refractivity contribution is 0.333. The van der Waals surface area contributed by atoms with Crippen molar-refractivity contribution >= 4 is 39.6 Å². The van der Waals surface area contributed by atoms with Gasteiger partial charge in [-0.15, -0.1) is 0 Å². The molecule has 0 aliphatic carbocycles. The number of nitrogens with one attached hydrogen (secondary N) is 1. The minimum Gasteiger partial charge on any atom is -0.506 e. The molecule has 6 nitrogen and oxygen atoms in total. The van der Waals surface area contributed by atoms with Crippen molar-refractivity contribution in [2.24, 2.45) is 5.90 Å². The van der Waals surface area contributed by atoms with Crippen molar-refractivity contribution in [2.45, 2.75) is 14.7 Å². The van der Waals surface area contributed by atoms with Gasteiger partial charge in [0.25, 0.3) is 10.0 Å². The number of hydrogen-bond donors (Lipinski definition) is 3. The Morgan fingerprint density at radius 1 is 1.00 bits per heavy atom. The molecule has 0 unspecified atom stereocenters.